The van der Waals surface area contributed by atoms with Crippen LogP contribution in [-0.2, 0) is 0 Å². The molecule has 0 aliphatic heterocycles. The van der Waals surface area contributed by atoms with Gasteiger partial charge in [0.25, 0.3) is 5.91 Å². The van der Waals surface area contributed by atoms with Crippen molar-refractivity contribution in [2.24, 2.45) is 0 Å². The van der Waals surface area contributed by atoms with E-state index in [1.54, 1.807) is 0 Å². The summed E-state index contributed by atoms with van der Waals surface area (Å²) in [6, 6.07) is 9.69. The van der Waals surface area contributed by atoms with E-state index in [2.05, 4.69) is 10.1 Å². The van der Waals surface area contributed by atoms with Crippen LogP contribution in [0.5, 0.6) is 17.2 Å². The molecule has 0 heterocycles. The average molecular weight is 309 g/mol. The van der Waals surface area contributed by atoms with Gasteiger partial charge in [-0.1, -0.05) is 0 Å². The molecule has 0 atom stereocenters. The second-order valence-corrected chi connectivity index (χ2v) is 4.24. The van der Waals surface area contributed by atoms with Gasteiger partial charge in [-0.15, -0.1) is 0 Å². The molecule has 5 nitrogen and oxygen atoms in total. The lowest BCUT2D eigenvalue weighted by molar-refractivity contribution is -0.0498. The summed E-state index contributed by atoms with van der Waals surface area (Å²) in [6.45, 7) is -2.91. The highest BCUT2D eigenvalue weighted by Crippen LogP contribution is 2.25. The Hall–Kier alpha value is -2.83. The zero-order valence-corrected chi connectivity index (χ0v) is 11.5. The summed E-state index contributed by atoms with van der Waals surface area (Å²) in [7, 11) is 1.44. The summed E-state index contributed by atoms with van der Waals surface area (Å²) in [5.41, 5.74) is 0.440. The molecule has 0 aliphatic carbocycles. The minimum absolute atomic E-state index is 0.0136. The number of carbonyl (C=O) groups is 1. The predicted molar refractivity (Wildman–Crippen MR) is 75.7 cm³/mol. The molecule has 2 rings (SSSR count). The number of carbonyl (C=O) groups excluding carboxylic acids is 1. The Kier molecular flexibility index (Phi) is 4.77. The third kappa shape index (κ3) is 3.85. The first-order valence-corrected chi connectivity index (χ1v) is 6.23. The van der Waals surface area contributed by atoms with Gasteiger partial charge in [-0.05, 0) is 36.4 Å². The monoisotopic (exact) mass is 309 g/mol. The molecule has 0 saturated heterocycles. The molecule has 0 saturated carbocycles. The molecule has 22 heavy (non-hydrogen) atoms. The van der Waals surface area contributed by atoms with Gasteiger partial charge in [0.05, 0.1) is 12.7 Å². The highest BCUT2D eigenvalue weighted by Gasteiger charge is 2.12. The first-order valence-electron chi connectivity index (χ1n) is 6.23. The van der Waals surface area contributed by atoms with Crippen LogP contribution in [0.1, 0.15) is 10.4 Å². The molecule has 2 N–H and O–H groups in total. The molecule has 7 heteroatoms. The summed E-state index contributed by atoms with van der Waals surface area (Å²) >= 11 is 0. The van der Waals surface area contributed by atoms with Gasteiger partial charge in [-0.2, -0.15) is 8.78 Å². The maximum Gasteiger partial charge on any atom is 0.387 e. The molecule has 2 aromatic carbocycles. The van der Waals surface area contributed by atoms with Crippen molar-refractivity contribution < 1.29 is 28.2 Å². The van der Waals surface area contributed by atoms with Crippen LogP contribution in [0.2, 0.25) is 0 Å². The largest absolute Gasteiger partial charge is 0.507 e. The molecule has 0 bridgehead atoms. The molecule has 116 valence electrons. The van der Waals surface area contributed by atoms with Gasteiger partial charge < -0.3 is 19.9 Å². The number of nitrogens with one attached hydrogen (secondary N) is 1. The van der Waals surface area contributed by atoms with Crippen molar-refractivity contribution in [1.82, 2.24) is 0 Å². The van der Waals surface area contributed by atoms with E-state index in [4.69, 9.17) is 4.74 Å². The predicted octanol–water partition coefficient (Wildman–Crippen LogP) is 3.25. The van der Waals surface area contributed by atoms with Gasteiger partial charge in [0.2, 0.25) is 0 Å². The number of benzene rings is 2. The highest BCUT2D eigenvalue weighted by molar-refractivity contribution is 6.06. The number of phenols is 1. The van der Waals surface area contributed by atoms with Gasteiger partial charge >= 0.3 is 6.61 Å². The number of amides is 1. The van der Waals surface area contributed by atoms with E-state index in [0.29, 0.717) is 11.4 Å². The zero-order chi connectivity index (χ0) is 16.1. The van der Waals surface area contributed by atoms with Crippen LogP contribution in [0.4, 0.5) is 14.5 Å². The van der Waals surface area contributed by atoms with Crippen molar-refractivity contribution in [1.29, 1.82) is 0 Å². The number of anilines is 1. The third-order valence-electron chi connectivity index (χ3n) is 2.79. The molecule has 0 spiro atoms. The Bertz CT molecular complexity index is 659. The standard InChI is InChI=1S/C15H13F2NO4/c1-21-11-6-7-12(13(19)8-11)14(20)18-9-2-4-10(5-3-9)22-15(16)17/h2-8,15,19H,1H3,(H,18,20). The van der Waals surface area contributed by atoms with E-state index in [1.807, 2.05) is 0 Å². The number of rotatable bonds is 5. The molecule has 0 unspecified atom stereocenters. The topological polar surface area (TPSA) is 67.8 Å². The number of halogens is 2. The first kappa shape index (κ1) is 15.6. The van der Waals surface area contributed by atoms with E-state index in [0.717, 1.165) is 0 Å². The Labute approximate surface area is 125 Å². The van der Waals surface area contributed by atoms with E-state index in [-0.39, 0.29) is 17.1 Å². The van der Waals surface area contributed by atoms with Crippen molar-refractivity contribution in [2.75, 3.05) is 12.4 Å². The summed E-state index contributed by atoms with van der Waals surface area (Å²) in [5.74, 6) is -0.361. The molecule has 0 radical (unpaired) electrons. The highest BCUT2D eigenvalue weighted by atomic mass is 19.3. The third-order valence-corrected chi connectivity index (χ3v) is 2.79. The van der Waals surface area contributed by atoms with Crippen LogP contribution >= 0.6 is 0 Å². The number of phenolic OH excluding ortho intramolecular Hbond substituents is 1. The van der Waals surface area contributed by atoms with Crippen LogP contribution < -0.4 is 14.8 Å². The second kappa shape index (κ2) is 6.75. The number of hydrogen-bond donors (Lipinski definition) is 2. The first-order chi connectivity index (χ1) is 10.5. The molecule has 0 aliphatic rings. The lowest BCUT2D eigenvalue weighted by Crippen LogP contribution is -2.12. The van der Waals surface area contributed by atoms with Gasteiger partial charge in [0, 0.05) is 11.8 Å². The van der Waals surface area contributed by atoms with Crippen molar-refractivity contribution in [3.8, 4) is 17.2 Å². The van der Waals surface area contributed by atoms with Crippen LogP contribution in [-0.4, -0.2) is 24.7 Å². The number of aromatic hydroxyl groups is 1. The maximum absolute atomic E-state index is 12.0. The van der Waals surface area contributed by atoms with E-state index >= 15 is 0 Å². The summed E-state index contributed by atoms with van der Waals surface area (Å²) in [5, 5.41) is 12.3. The summed E-state index contributed by atoms with van der Waals surface area (Å²) < 4.78 is 33.2. The normalized spacial score (nSPS) is 10.4. The molecule has 0 aromatic heterocycles. The molecule has 0 fully saturated rings. The average Bonchev–Trinajstić information content (AvgIpc) is 2.48. The Morgan fingerprint density at radius 3 is 2.32 bits per heavy atom. The second-order valence-electron chi connectivity index (χ2n) is 4.24. The van der Waals surface area contributed by atoms with Crippen molar-refractivity contribution in [2.45, 2.75) is 6.61 Å². The summed E-state index contributed by atoms with van der Waals surface area (Å²) in [4.78, 5) is 12.0. The molecule has 2 aromatic rings. The molecular weight excluding hydrogens is 296 g/mol. The minimum Gasteiger partial charge on any atom is -0.507 e. The number of methoxy groups -OCH3 is 1. The Balaban J connectivity index is 2.08. The van der Waals surface area contributed by atoms with Crippen LogP contribution in [0.25, 0.3) is 0 Å². The quantitative estimate of drug-likeness (QED) is 0.889. The van der Waals surface area contributed by atoms with Crippen molar-refractivity contribution in [3.05, 3.63) is 48.0 Å². The number of alkyl halides is 2. The zero-order valence-electron chi connectivity index (χ0n) is 11.5. The smallest absolute Gasteiger partial charge is 0.387 e. The van der Waals surface area contributed by atoms with Gasteiger partial charge in [-0.3, -0.25) is 4.79 Å². The van der Waals surface area contributed by atoms with Gasteiger partial charge in [0.1, 0.15) is 17.2 Å². The molecular formula is C15H13F2NO4. The van der Waals surface area contributed by atoms with E-state index in [9.17, 15) is 18.7 Å². The van der Waals surface area contributed by atoms with Crippen LogP contribution in [0.3, 0.4) is 0 Å². The van der Waals surface area contributed by atoms with Crippen molar-refractivity contribution in [3.63, 3.8) is 0 Å². The lowest BCUT2D eigenvalue weighted by atomic mass is 10.1. The van der Waals surface area contributed by atoms with E-state index < -0.39 is 12.5 Å². The summed E-state index contributed by atoms with van der Waals surface area (Å²) in [6.07, 6.45) is 0. The van der Waals surface area contributed by atoms with Gasteiger partial charge in [-0.25, -0.2) is 0 Å². The minimum atomic E-state index is -2.91. The lowest BCUT2D eigenvalue weighted by Gasteiger charge is -2.09. The fraction of sp³-hybridized carbons (Fsp3) is 0.133. The SMILES string of the molecule is COc1ccc(C(=O)Nc2ccc(OC(F)F)cc2)c(O)c1. The number of ether oxygens (including phenoxy) is 2. The Morgan fingerprint density at radius 2 is 1.77 bits per heavy atom. The Morgan fingerprint density at radius 1 is 1.14 bits per heavy atom. The maximum atomic E-state index is 12.0. The fourth-order valence-electron chi connectivity index (χ4n) is 1.75. The fourth-order valence-corrected chi connectivity index (χ4v) is 1.75. The molecule has 1 amide bonds. The van der Waals surface area contributed by atoms with Gasteiger partial charge in [0.15, 0.2) is 0 Å². The van der Waals surface area contributed by atoms with E-state index in [1.165, 1.54) is 49.6 Å². The van der Waals surface area contributed by atoms with Crippen LogP contribution in [0, 0.1) is 0 Å². The van der Waals surface area contributed by atoms with Crippen molar-refractivity contribution >= 4 is 11.6 Å². The number of hydrogen-bond acceptors (Lipinski definition) is 4. The van der Waals surface area contributed by atoms with Crippen LogP contribution in [0.15, 0.2) is 42.5 Å².